The molecule has 2 atom stereocenters. The van der Waals surface area contributed by atoms with Crippen LogP contribution in [0.2, 0.25) is 0 Å². The fraction of sp³-hybridized carbons (Fsp3) is 0.556. The van der Waals surface area contributed by atoms with Crippen LogP contribution in [-0.2, 0) is 25.5 Å². The number of fused-ring (bicyclic) bond motifs is 1. The third-order valence-electron chi connectivity index (χ3n) is 8.63. The lowest BCUT2D eigenvalue weighted by Crippen LogP contribution is -2.55. The molecule has 0 aliphatic carbocycles. The summed E-state index contributed by atoms with van der Waals surface area (Å²) in [5.41, 5.74) is 1.22. The summed E-state index contributed by atoms with van der Waals surface area (Å²) >= 11 is 0. The van der Waals surface area contributed by atoms with Crippen molar-refractivity contribution in [1.82, 2.24) is 20.4 Å². The first-order valence-corrected chi connectivity index (χ1v) is 16.9. The summed E-state index contributed by atoms with van der Waals surface area (Å²) in [6.45, 7) is 2.60. The van der Waals surface area contributed by atoms with Gasteiger partial charge in [-0.3, -0.25) is 19.2 Å². The number of rotatable bonds is 3. The van der Waals surface area contributed by atoms with E-state index in [2.05, 4.69) is 10.6 Å². The van der Waals surface area contributed by atoms with Crippen LogP contribution in [0.25, 0.3) is 0 Å². The van der Waals surface area contributed by atoms with Crippen LogP contribution in [-0.4, -0.2) is 92.0 Å². The third kappa shape index (κ3) is 11.2. The summed E-state index contributed by atoms with van der Waals surface area (Å²) in [5.74, 6) is -1.08. The molecule has 0 unspecified atom stereocenters. The third-order valence-corrected chi connectivity index (χ3v) is 8.63. The van der Waals surface area contributed by atoms with Crippen molar-refractivity contribution in [3.05, 3.63) is 65.7 Å². The first-order valence-electron chi connectivity index (χ1n) is 16.9. The Kier molecular flexibility index (Phi) is 14.4. The maximum absolute atomic E-state index is 13.7. The predicted octanol–water partition coefficient (Wildman–Crippen LogP) is 4.12. The number of benzene rings is 2. The van der Waals surface area contributed by atoms with Crippen LogP contribution in [0.5, 0.6) is 5.75 Å². The van der Waals surface area contributed by atoms with E-state index in [1.807, 2.05) is 36.4 Å². The number of amides is 4. The SMILES string of the molecule is CN1CCCCCCCCCCCOc2ccccc2C(=O)N[C@H](C(=O)N2CCOCC2)CC(=O)N[C@@H](Cc2ccccc2)C1=O. The average Bonchev–Trinajstić information content (AvgIpc) is 3.08. The van der Waals surface area contributed by atoms with Crippen molar-refractivity contribution in [2.75, 3.05) is 46.5 Å². The van der Waals surface area contributed by atoms with Crippen molar-refractivity contribution >= 4 is 23.6 Å². The number of carbonyl (C=O) groups excluding carboxylic acids is 4. The van der Waals surface area contributed by atoms with Gasteiger partial charge in [0.05, 0.1) is 31.8 Å². The second kappa shape index (κ2) is 18.9. The Morgan fingerprint density at radius 2 is 1.39 bits per heavy atom. The van der Waals surface area contributed by atoms with E-state index >= 15 is 0 Å². The topological polar surface area (TPSA) is 117 Å². The molecule has 2 aromatic rings. The Hall–Kier alpha value is -3.92. The summed E-state index contributed by atoms with van der Waals surface area (Å²) in [5, 5.41) is 5.73. The largest absolute Gasteiger partial charge is 0.493 e. The molecule has 0 saturated carbocycles. The Morgan fingerprint density at radius 3 is 2.11 bits per heavy atom. The van der Waals surface area contributed by atoms with Gasteiger partial charge in [-0.2, -0.15) is 0 Å². The summed E-state index contributed by atoms with van der Waals surface area (Å²) in [6, 6.07) is 14.6. The van der Waals surface area contributed by atoms with Crippen molar-refractivity contribution in [1.29, 1.82) is 0 Å². The summed E-state index contributed by atoms with van der Waals surface area (Å²) < 4.78 is 11.4. The summed E-state index contributed by atoms with van der Waals surface area (Å²) in [7, 11) is 1.78. The maximum Gasteiger partial charge on any atom is 0.255 e. The quantitative estimate of drug-likeness (QED) is 0.525. The van der Waals surface area contributed by atoms with Crippen molar-refractivity contribution < 1.29 is 28.7 Å². The Balaban J connectivity index is 1.56. The molecule has 2 aromatic carbocycles. The number of nitrogens with one attached hydrogen (secondary N) is 2. The molecule has 2 aliphatic rings. The predicted molar refractivity (Wildman–Crippen MR) is 176 cm³/mol. The van der Waals surface area contributed by atoms with Crippen molar-refractivity contribution in [3.63, 3.8) is 0 Å². The highest BCUT2D eigenvalue weighted by Crippen LogP contribution is 2.20. The van der Waals surface area contributed by atoms with Crippen molar-refractivity contribution in [3.8, 4) is 5.75 Å². The molecule has 10 nitrogen and oxygen atoms in total. The van der Waals surface area contributed by atoms with Gasteiger partial charge in [0.2, 0.25) is 17.7 Å². The number of carbonyl (C=O) groups is 4. The van der Waals surface area contributed by atoms with Gasteiger partial charge in [0.15, 0.2) is 0 Å². The molecule has 0 bridgehead atoms. The highest BCUT2D eigenvalue weighted by Gasteiger charge is 2.32. The van der Waals surface area contributed by atoms with Gasteiger partial charge in [-0.1, -0.05) is 87.4 Å². The fourth-order valence-electron chi connectivity index (χ4n) is 5.96. The van der Waals surface area contributed by atoms with Crippen LogP contribution in [0.4, 0.5) is 0 Å². The second-order valence-corrected chi connectivity index (χ2v) is 12.3. The molecule has 10 heteroatoms. The molecule has 4 rings (SSSR count). The van der Waals surface area contributed by atoms with Crippen molar-refractivity contribution in [2.24, 2.45) is 0 Å². The van der Waals surface area contributed by atoms with Gasteiger partial charge >= 0.3 is 0 Å². The molecule has 46 heavy (non-hydrogen) atoms. The van der Waals surface area contributed by atoms with Crippen LogP contribution in [0.3, 0.4) is 0 Å². The monoisotopic (exact) mass is 634 g/mol. The zero-order valence-electron chi connectivity index (χ0n) is 27.2. The minimum absolute atomic E-state index is 0.179. The molecule has 2 N–H and O–H groups in total. The Labute approximate surface area is 273 Å². The Bertz CT molecular complexity index is 1270. The number of hydrogen-bond donors (Lipinski definition) is 2. The lowest BCUT2D eigenvalue weighted by molar-refractivity contribution is -0.140. The van der Waals surface area contributed by atoms with Gasteiger partial charge in [0.25, 0.3) is 5.91 Å². The van der Waals surface area contributed by atoms with E-state index in [1.54, 1.807) is 35.0 Å². The number of ether oxygens (including phenoxy) is 2. The molecule has 1 fully saturated rings. The van der Waals surface area contributed by atoms with E-state index in [9.17, 15) is 19.2 Å². The summed E-state index contributed by atoms with van der Waals surface area (Å²) in [4.78, 5) is 57.9. The van der Waals surface area contributed by atoms with Crippen LogP contribution in [0.15, 0.2) is 54.6 Å². The van der Waals surface area contributed by atoms with Gasteiger partial charge in [0.1, 0.15) is 17.8 Å². The molecule has 250 valence electrons. The molecule has 0 radical (unpaired) electrons. The van der Waals surface area contributed by atoms with Gasteiger partial charge < -0.3 is 29.9 Å². The van der Waals surface area contributed by atoms with Crippen LogP contribution >= 0.6 is 0 Å². The Morgan fingerprint density at radius 1 is 0.761 bits per heavy atom. The van der Waals surface area contributed by atoms with Gasteiger partial charge in [-0.15, -0.1) is 0 Å². The fourth-order valence-corrected chi connectivity index (χ4v) is 5.96. The molecular formula is C36H50N4O6. The first kappa shape index (κ1) is 34.9. The highest BCUT2D eigenvalue weighted by molar-refractivity contribution is 6.01. The van der Waals surface area contributed by atoms with Crippen LogP contribution < -0.4 is 15.4 Å². The average molecular weight is 635 g/mol. The zero-order valence-corrected chi connectivity index (χ0v) is 27.2. The molecular weight excluding hydrogens is 584 g/mol. The molecule has 4 amide bonds. The van der Waals surface area contributed by atoms with E-state index < -0.39 is 23.9 Å². The lowest BCUT2D eigenvalue weighted by Gasteiger charge is -2.31. The van der Waals surface area contributed by atoms with Gasteiger partial charge in [0, 0.05) is 33.1 Å². The maximum atomic E-state index is 13.7. The number of likely N-dealkylation sites (N-methyl/N-ethyl adjacent to an activating group) is 1. The second-order valence-electron chi connectivity index (χ2n) is 12.3. The number of para-hydroxylation sites is 1. The van der Waals surface area contributed by atoms with E-state index in [0.717, 1.165) is 44.1 Å². The van der Waals surface area contributed by atoms with Crippen LogP contribution in [0.1, 0.15) is 80.1 Å². The van der Waals surface area contributed by atoms with Gasteiger partial charge in [-0.25, -0.2) is 0 Å². The minimum Gasteiger partial charge on any atom is -0.493 e. The number of morpholine rings is 1. The standard InChI is InChI=1S/C36H50N4O6/c1-39-20-14-7-5-3-2-4-6-8-15-23-46-32-19-13-12-18-29(32)34(42)38-31(36(44)40-21-24-45-25-22-40)27-33(41)37-30(35(39)43)26-28-16-10-9-11-17-28/h9-13,16-19,30-31H,2-8,14-15,20-27H2,1H3,(H,37,41)(H,38,42)/t30-,31-/m0/s1. The number of hydrogen-bond acceptors (Lipinski definition) is 6. The van der Waals surface area contributed by atoms with Crippen molar-refractivity contribution in [2.45, 2.75) is 82.7 Å². The first-order chi connectivity index (χ1) is 22.4. The molecule has 0 aromatic heterocycles. The molecule has 2 heterocycles. The minimum atomic E-state index is -1.13. The van der Waals surface area contributed by atoms with E-state index in [4.69, 9.17) is 9.47 Å². The van der Waals surface area contributed by atoms with E-state index in [0.29, 0.717) is 57.2 Å². The molecule has 0 spiro atoms. The highest BCUT2D eigenvalue weighted by atomic mass is 16.5. The molecule has 2 aliphatic heterocycles. The van der Waals surface area contributed by atoms with Gasteiger partial charge in [-0.05, 0) is 30.5 Å². The number of nitrogens with zero attached hydrogens (tertiary/aromatic N) is 2. The van der Waals surface area contributed by atoms with E-state index in [1.165, 1.54) is 19.3 Å². The van der Waals surface area contributed by atoms with Crippen LogP contribution in [0, 0.1) is 0 Å². The summed E-state index contributed by atoms with van der Waals surface area (Å²) in [6.07, 6.45) is 9.69. The lowest BCUT2D eigenvalue weighted by atomic mass is 10.0. The van der Waals surface area contributed by atoms with E-state index in [-0.39, 0.29) is 18.2 Å². The molecule has 1 saturated heterocycles. The normalized spacial score (nSPS) is 22.2. The zero-order chi connectivity index (χ0) is 32.6. The smallest absolute Gasteiger partial charge is 0.255 e.